The normalized spacial score (nSPS) is 16.4. The van der Waals surface area contributed by atoms with Crippen molar-refractivity contribution in [1.29, 1.82) is 0 Å². The number of anilines is 1. The van der Waals surface area contributed by atoms with Gasteiger partial charge in [-0.1, -0.05) is 0 Å². The summed E-state index contributed by atoms with van der Waals surface area (Å²) < 4.78 is 12.7. The zero-order chi connectivity index (χ0) is 23.0. The molecule has 1 atom stereocenters. The number of carbonyl (C=O) groups excluding carboxylic acids is 1. The highest BCUT2D eigenvalue weighted by Crippen LogP contribution is 2.28. The maximum absolute atomic E-state index is 12.4. The number of rotatable bonds is 4. The van der Waals surface area contributed by atoms with Gasteiger partial charge >= 0.3 is 6.09 Å². The predicted octanol–water partition coefficient (Wildman–Crippen LogP) is 3.16. The fourth-order valence-corrected chi connectivity index (χ4v) is 3.82. The lowest BCUT2D eigenvalue weighted by Crippen LogP contribution is -2.36. The third-order valence-electron chi connectivity index (χ3n) is 5.32. The molecule has 1 N–H and O–H groups in total. The number of carbonyl (C=O) groups is 1. The van der Waals surface area contributed by atoms with Gasteiger partial charge in [-0.15, -0.1) is 0 Å². The molecular formula is C22H29N7O3. The van der Waals surface area contributed by atoms with E-state index >= 15 is 0 Å². The zero-order valence-corrected chi connectivity index (χ0v) is 19.3. The monoisotopic (exact) mass is 439 g/mol. The lowest BCUT2D eigenvalue weighted by Gasteiger charge is -2.24. The van der Waals surface area contributed by atoms with Gasteiger partial charge in [-0.2, -0.15) is 0 Å². The summed E-state index contributed by atoms with van der Waals surface area (Å²) in [6.45, 7) is 8.72. The van der Waals surface area contributed by atoms with Gasteiger partial charge in [0, 0.05) is 43.5 Å². The first-order valence-corrected chi connectivity index (χ1v) is 10.6. The van der Waals surface area contributed by atoms with Crippen LogP contribution in [0.5, 0.6) is 5.88 Å². The number of aryl methyl sites for hydroxylation is 2. The first-order chi connectivity index (χ1) is 15.2. The van der Waals surface area contributed by atoms with Gasteiger partial charge in [0.05, 0.1) is 7.11 Å². The molecule has 1 aliphatic heterocycles. The van der Waals surface area contributed by atoms with Crippen molar-refractivity contribution in [3.8, 4) is 17.3 Å². The number of methoxy groups -OCH3 is 1. The van der Waals surface area contributed by atoms with Crippen molar-refractivity contribution < 1.29 is 14.3 Å². The summed E-state index contributed by atoms with van der Waals surface area (Å²) >= 11 is 0. The average Bonchev–Trinajstić information content (AvgIpc) is 3.32. The Morgan fingerprint density at radius 1 is 1.25 bits per heavy atom. The summed E-state index contributed by atoms with van der Waals surface area (Å²) in [6.07, 6.45) is 3.76. The molecule has 1 saturated heterocycles. The first-order valence-electron chi connectivity index (χ1n) is 10.6. The Kier molecular flexibility index (Phi) is 5.62. The molecule has 170 valence electrons. The molecule has 0 saturated carbocycles. The second-order valence-electron chi connectivity index (χ2n) is 9.00. The Hall–Kier alpha value is -3.43. The number of nitrogens with one attached hydrogen (secondary N) is 1. The summed E-state index contributed by atoms with van der Waals surface area (Å²) in [5.74, 6) is 1.97. The molecule has 0 aliphatic carbocycles. The summed E-state index contributed by atoms with van der Waals surface area (Å²) in [6, 6.07) is 2.04. The van der Waals surface area contributed by atoms with E-state index in [4.69, 9.17) is 14.5 Å². The lowest BCUT2D eigenvalue weighted by atomic mass is 10.2. The molecule has 0 bridgehead atoms. The van der Waals surface area contributed by atoms with E-state index in [0.717, 1.165) is 23.4 Å². The summed E-state index contributed by atoms with van der Waals surface area (Å²) in [5.41, 5.74) is 2.67. The predicted molar refractivity (Wildman–Crippen MR) is 121 cm³/mol. The molecule has 1 fully saturated rings. The molecule has 4 rings (SSSR count). The van der Waals surface area contributed by atoms with Crippen LogP contribution in [0, 0.1) is 6.92 Å². The number of ether oxygens (including phenoxy) is 2. The standard InChI is InChI=1S/C22H29N7O3/c1-13-9-14(10-23-20(13)31-6)18-27-16-17(24-12-25-19(16)28(18)5)26-15-7-8-29(11-15)21(30)32-22(2,3)4/h9-10,12,15H,7-8,11H2,1-6H3,(H,24,25,26). The fourth-order valence-electron chi connectivity index (χ4n) is 3.82. The van der Waals surface area contributed by atoms with Crippen LogP contribution in [0.25, 0.3) is 22.6 Å². The number of nitrogens with zero attached hydrogens (tertiary/aromatic N) is 6. The van der Waals surface area contributed by atoms with Crippen molar-refractivity contribution in [3.63, 3.8) is 0 Å². The summed E-state index contributed by atoms with van der Waals surface area (Å²) in [7, 11) is 3.52. The molecule has 0 aromatic carbocycles. The van der Waals surface area contributed by atoms with Crippen LogP contribution in [0.3, 0.4) is 0 Å². The van der Waals surface area contributed by atoms with Crippen molar-refractivity contribution in [2.45, 2.75) is 45.8 Å². The molecule has 1 aliphatic rings. The van der Waals surface area contributed by atoms with E-state index in [1.54, 1.807) is 18.2 Å². The number of hydrogen-bond acceptors (Lipinski definition) is 8. The van der Waals surface area contributed by atoms with E-state index in [1.165, 1.54) is 6.33 Å². The largest absolute Gasteiger partial charge is 0.481 e. The van der Waals surface area contributed by atoms with Crippen LogP contribution >= 0.6 is 0 Å². The molecule has 3 aromatic rings. The van der Waals surface area contributed by atoms with Crippen LogP contribution in [-0.4, -0.2) is 67.3 Å². The van der Waals surface area contributed by atoms with Crippen LogP contribution in [0.1, 0.15) is 32.8 Å². The Balaban J connectivity index is 1.57. The maximum Gasteiger partial charge on any atom is 0.410 e. The molecule has 10 nitrogen and oxygen atoms in total. The number of amides is 1. The molecule has 10 heteroatoms. The first kappa shape index (κ1) is 21.8. The van der Waals surface area contributed by atoms with E-state index in [-0.39, 0.29) is 12.1 Å². The third kappa shape index (κ3) is 4.30. The van der Waals surface area contributed by atoms with Gasteiger partial charge in [-0.25, -0.2) is 24.7 Å². The van der Waals surface area contributed by atoms with E-state index in [2.05, 4.69) is 20.3 Å². The number of fused-ring (bicyclic) bond motifs is 1. The van der Waals surface area contributed by atoms with Crippen molar-refractivity contribution in [2.75, 3.05) is 25.5 Å². The Morgan fingerprint density at radius 2 is 2.03 bits per heavy atom. The van der Waals surface area contributed by atoms with E-state index in [0.29, 0.717) is 36.0 Å². The highest BCUT2D eigenvalue weighted by molar-refractivity contribution is 5.86. The topological polar surface area (TPSA) is 107 Å². The van der Waals surface area contributed by atoms with Crippen molar-refractivity contribution in [2.24, 2.45) is 7.05 Å². The molecular weight excluding hydrogens is 410 g/mol. The number of hydrogen-bond donors (Lipinski definition) is 1. The van der Waals surface area contributed by atoms with Gasteiger partial charge in [-0.05, 0) is 40.2 Å². The minimum absolute atomic E-state index is 0.0518. The minimum atomic E-state index is -0.513. The zero-order valence-electron chi connectivity index (χ0n) is 19.3. The second-order valence-corrected chi connectivity index (χ2v) is 9.00. The van der Waals surface area contributed by atoms with Crippen LogP contribution in [0.15, 0.2) is 18.6 Å². The molecule has 0 spiro atoms. The van der Waals surface area contributed by atoms with Gasteiger partial charge in [0.1, 0.15) is 17.8 Å². The van der Waals surface area contributed by atoms with Crippen LogP contribution in [0.4, 0.5) is 10.6 Å². The van der Waals surface area contributed by atoms with E-state index in [1.807, 2.05) is 45.4 Å². The number of pyridine rings is 1. The Morgan fingerprint density at radius 3 is 2.72 bits per heavy atom. The van der Waals surface area contributed by atoms with Gasteiger partial charge < -0.3 is 24.3 Å². The third-order valence-corrected chi connectivity index (χ3v) is 5.32. The molecule has 1 unspecified atom stereocenters. The van der Waals surface area contributed by atoms with E-state index in [9.17, 15) is 4.79 Å². The van der Waals surface area contributed by atoms with Crippen LogP contribution in [0.2, 0.25) is 0 Å². The minimum Gasteiger partial charge on any atom is -0.481 e. The molecule has 4 heterocycles. The Bertz CT molecular complexity index is 1150. The molecule has 32 heavy (non-hydrogen) atoms. The molecule has 0 radical (unpaired) electrons. The fraction of sp³-hybridized carbons (Fsp3) is 0.500. The van der Waals surface area contributed by atoms with Crippen LogP contribution in [-0.2, 0) is 11.8 Å². The number of imidazole rings is 1. The Labute approximate surface area is 187 Å². The van der Waals surface area contributed by atoms with Gasteiger partial charge in [-0.3, -0.25) is 0 Å². The summed E-state index contributed by atoms with van der Waals surface area (Å²) in [5, 5.41) is 3.44. The SMILES string of the molecule is COc1ncc(-c2nc3c(NC4CCN(C(=O)OC(C)(C)C)C4)ncnc3n2C)cc1C. The number of likely N-dealkylation sites (tertiary alicyclic amines) is 1. The molecule has 1 amide bonds. The van der Waals surface area contributed by atoms with Gasteiger partial charge in [0.15, 0.2) is 17.0 Å². The van der Waals surface area contributed by atoms with Gasteiger partial charge in [0.25, 0.3) is 0 Å². The lowest BCUT2D eigenvalue weighted by molar-refractivity contribution is 0.0293. The smallest absolute Gasteiger partial charge is 0.410 e. The number of aromatic nitrogens is 5. The summed E-state index contributed by atoms with van der Waals surface area (Å²) in [4.78, 5) is 32.1. The second kappa shape index (κ2) is 8.25. The quantitative estimate of drug-likeness (QED) is 0.661. The van der Waals surface area contributed by atoms with Gasteiger partial charge in [0.2, 0.25) is 5.88 Å². The van der Waals surface area contributed by atoms with Crippen molar-refractivity contribution in [1.82, 2.24) is 29.4 Å². The molecule has 3 aromatic heterocycles. The highest BCUT2D eigenvalue weighted by atomic mass is 16.6. The maximum atomic E-state index is 12.4. The highest BCUT2D eigenvalue weighted by Gasteiger charge is 2.30. The van der Waals surface area contributed by atoms with E-state index < -0.39 is 5.60 Å². The van der Waals surface area contributed by atoms with Crippen molar-refractivity contribution in [3.05, 3.63) is 24.2 Å². The van der Waals surface area contributed by atoms with Crippen molar-refractivity contribution >= 4 is 23.1 Å². The average molecular weight is 440 g/mol. The van der Waals surface area contributed by atoms with Crippen LogP contribution < -0.4 is 10.1 Å².